The number of rotatable bonds is 14. The van der Waals surface area contributed by atoms with Crippen LogP contribution in [0.2, 0.25) is 5.02 Å². The monoisotopic (exact) mass is 825 g/mol. The summed E-state index contributed by atoms with van der Waals surface area (Å²) in [6, 6.07) is 12.4. The summed E-state index contributed by atoms with van der Waals surface area (Å²) in [4.78, 5) is 60.7. The lowest BCUT2D eigenvalue weighted by Gasteiger charge is -2.33. The van der Waals surface area contributed by atoms with Crippen molar-refractivity contribution in [2.75, 3.05) is 41.0 Å². The number of amides is 1. The van der Waals surface area contributed by atoms with E-state index >= 15 is 0 Å². The average molecular weight is 826 g/mol. The third kappa shape index (κ3) is 8.63. The maximum absolute atomic E-state index is 13.0. The summed E-state index contributed by atoms with van der Waals surface area (Å²) in [5.41, 5.74) is 0.805. The Labute approximate surface area is 342 Å². The first-order valence-electron chi connectivity index (χ1n) is 18.9. The predicted octanol–water partition coefficient (Wildman–Crippen LogP) is 3.04. The minimum absolute atomic E-state index is 0.0352. The SMILES string of the molecule is CNC(=O)C(CCC=O)c1nn(C)c2cc(NC3CCN(c4ncc(Cl)c(Nc5ccc6c(c5)c(NC(C)(C)c5ncccn5)nc(=O)n6C(O)(O)O)n4)CC3)ccc12. The van der Waals surface area contributed by atoms with Crippen LogP contribution in [0.3, 0.4) is 0 Å². The number of hydrogen-bond donors (Lipinski definition) is 7. The molecule has 7 N–H and O–H groups in total. The van der Waals surface area contributed by atoms with E-state index in [0.717, 1.165) is 35.7 Å². The maximum atomic E-state index is 13.0. The minimum Gasteiger partial charge on any atom is -0.382 e. The molecule has 4 aromatic heterocycles. The standard InChI is InChI=1S/C39H44ClN13O6/c1-38(2,35-42-14-6-15-43-35)49-32-27-19-23(9-11-29(27)53(37(56)48-32)39(57,58)59)46-33-28(40)21-44-36(47-33)52-16-12-22(13-17-52)45-24-8-10-25-30(20-24)51(4)50-31(25)26(7-5-18-54)34(55)41-3/h6,8-11,14-15,18-22,26,45,57-59H,5,7,12-13,16-17H2,1-4H3,(H,41,55)(H,44,46,47)(H,48,49,56). The fourth-order valence-corrected chi connectivity index (χ4v) is 7.43. The Morgan fingerprint density at radius 2 is 1.71 bits per heavy atom. The van der Waals surface area contributed by atoms with Crippen LogP contribution < -0.4 is 31.9 Å². The van der Waals surface area contributed by atoms with Crippen molar-refractivity contribution in [1.82, 2.24) is 44.6 Å². The number of nitrogens with zero attached hydrogens (tertiary/aromatic N) is 9. The number of anilines is 5. The van der Waals surface area contributed by atoms with Gasteiger partial charge in [-0.25, -0.2) is 24.3 Å². The van der Waals surface area contributed by atoms with Crippen molar-refractivity contribution in [2.45, 2.75) is 63.1 Å². The molecule has 1 aliphatic heterocycles. The number of halogens is 1. The summed E-state index contributed by atoms with van der Waals surface area (Å²) in [6.45, 7) is 4.90. The maximum Gasteiger partial charge on any atom is 0.377 e. The summed E-state index contributed by atoms with van der Waals surface area (Å²) in [5.74, 6) is 0.543. The van der Waals surface area contributed by atoms with E-state index in [4.69, 9.17) is 16.6 Å². The molecule has 5 heterocycles. The molecule has 0 saturated carbocycles. The first kappa shape index (κ1) is 40.9. The van der Waals surface area contributed by atoms with E-state index in [1.807, 2.05) is 25.2 Å². The van der Waals surface area contributed by atoms with Crippen LogP contribution in [0.15, 0.2) is 65.8 Å². The molecule has 308 valence electrons. The van der Waals surface area contributed by atoms with Gasteiger partial charge in [0.1, 0.15) is 17.1 Å². The van der Waals surface area contributed by atoms with E-state index in [-0.39, 0.29) is 40.1 Å². The minimum atomic E-state index is -3.53. The van der Waals surface area contributed by atoms with E-state index in [0.29, 0.717) is 53.0 Å². The molecule has 20 heteroatoms. The summed E-state index contributed by atoms with van der Waals surface area (Å²) >= 11 is 6.59. The number of carbonyl (C=O) groups excluding carboxylic acids is 2. The Morgan fingerprint density at radius 1 is 0.983 bits per heavy atom. The highest BCUT2D eigenvalue weighted by Crippen LogP contribution is 2.34. The topological polar surface area (TPSA) is 250 Å². The van der Waals surface area contributed by atoms with Gasteiger partial charge >= 0.3 is 11.8 Å². The number of nitrogens with one attached hydrogen (secondary N) is 4. The van der Waals surface area contributed by atoms with Gasteiger partial charge in [0.05, 0.1) is 34.4 Å². The van der Waals surface area contributed by atoms with E-state index in [1.165, 1.54) is 12.3 Å². The molecular weight excluding hydrogens is 782 g/mol. The molecule has 7 rings (SSSR count). The van der Waals surface area contributed by atoms with E-state index in [1.54, 1.807) is 56.2 Å². The second-order valence-electron chi connectivity index (χ2n) is 14.8. The fraction of sp³-hybridized carbons (Fsp3) is 0.359. The summed E-state index contributed by atoms with van der Waals surface area (Å²) in [7, 11) is 3.42. The van der Waals surface area contributed by atoms with Gasteiger partial charge in [-0.1, -0.05) is 11.6 Å². The van der Waals surface area contributed by atoms with E-state index in [2.05, 4.69) is 51.2 Å². The first-order chi connectivity index (χ1) is 28.2. The molecule has 0 spiro atoms. The van der Waals surface area contributed by atoms with Crippen LogP contribution in [-0.4, -0.2) is 93.0 Å². The van der Waals surface area contributed by atoms with Crippen molar-refractivity contribution in [3.8, 4) is 0 Å². The number of fused-ring (bicyclic) bond motifs is 2. The number of hydrogen-bond acceptors (Lipinski definition) is 16. The Kier molecular flexibility index (Phi) is 11.5. The molecule has 6 aromatic rings. The molecule has 2 aromatic carbocycles. The lowest BCUT2D eigenvalue weighted by atomic mass is 9.96. The summed E-state index contributed by atoms with van der Waals surface area (Å²) < 4.78 is 2.11. The van der Waals surface area contributed by atoms with Gasteiger partial charge in [-0.05, 0) is 75.6 Å². The van der Waals surface area contributed by atoms with Crippen molar-refractivity contribution < 1.29 is 24.9 Å². The number of carbonyl (C=O) groups is 2. The van der Waals surface area contributed by atoms with Gasteiger partial charge in [0.2, 0.25) is 11.9 Å². The van der Waals surface area contributed by atoms with E-state index < -0.39 is 23.2 Å². The number of aromatic nitrogens is 8. The molecule has 0 radical (unpaired) electrons. The van der Waals surface area contributed by atoms with Crippen LogP contribution in [0.5, 0.6) is 0 Å². The second-order valence-corrected chi connectivity index (χ2v) is 15.2. The molecule has 19 nitrogen and oxygen atoms in total. The van der Waals surface area contributed by atoms with Crippen LogP contribution in [0.1, 0.15) is 57.0 Å². The van der Waals surface area contributed by atoms with Crippen LogP contribution in [0.4, 0.5) is 29.0 Å². The van der Waals surface area contributed by atoms with Gasteiger partial charge < -0.3 is 46.3 Å². The van der Waals surface area contributed by atoms with Gasteiger partial charge in [0, 0.05) is 74.2 Å². The van der Waals surface area contributed by atoms with Crippen molar-refractivity contribution in [1.29, 1.82) is 0 Å². The highest BCUT2D eigenvalue weighted by atomic mass is 35.5. The number of aryl methyl sites for hydroxylation is 1. The van der Waals surface area contributed by atoms with Crippen molar-refractivity contribution in [3.05, 3.63) is 88.1 Å². The first-order valence-corrected chi connectivity index (χ1v) is 19.3. The smallest absolute Gasteiger partial charge is 0.377 e. The van der Waals surface area contributed by atoms with Crippen LogP contribution in [-0.2, 0) is 28.3 Å². The number of likely N-dealkylation sites (N-methyl/N-ethyl adjacent to an activating group) is 1. The van der Waals surface area contributed by atoms with Crippen molar-refractivity contribution in [2.24, 2.45) is 7.05 Å². The van der Waals surface area contributed by atoms with Gasteiger partial charge in [0.15, 0.2) is 11.6 Å². The Bertz CT molecular complexity index is 2570. The molecule has 1 fully saturated rings. The zero-order valence-corrected chi connectivity index (χ0v) is 33.5. The molecule has 0 bridgehead atoms. The zero-order valence-electron chi connectivity index (χ0n) is 32.7. The quantitative estimate of drug-likeness (QED) is 0.0616. The van der Waals surface area contributed by atoms with E-state index in [9.17, 15) is 29.7 Å². The van der Waals surface area contributed by atoms with Crippen molar-refractivity contribution in [3.63, 3.8) is 0 Å². The highest BCUT2D eigenvalue weighted by Gasteiger charge is 2.31. The van der Waals surface area contributed by atoms with Crippen molar-refractivity contribution >= 4 is 74.6 Å². The molecule has 1 unspecified atom stereocenters. The van der Waals surface area contributed by atoms with Crippen LogP contribution in [0, 0.1) is 0 Å². The van der Waals surface area contributed by atoms with Gasteiger partial charge in [0.25, 0.3) is 0 Å². The normalized spacial score (nSPS) is 14.3. The summed E-state index contributed by atoms with van der Waals surface area (Å²) in [5, 5.41) is 49.0. The van der Waals surface area contributed by atoms with Crippen LogP contribution >= 0.6 is 11.6 Å². The fourth-order valence-electron chi connectivity index (χ4n) is 7.29. The third-order valence-corrected chi connectivity index (χ3v) is 10.5. The average Bonchev–Trinajstić information content (AvgIpc) is 3.53. The lowest BCUT2D eigenvalue weighted by molar-refractivity contribution is -0.374. The largest absolute Gasteiger partial charge is 0.382 e. The highest BCUT2D eigenvalue weighted by molar-refractivity contribution is 6.33. The molecule has 1 saturated heterocycles. The Morgan fingerprint density at radius 3 is 2.41 bits per heavy atom. The third-order valence-electron chi connectivity index (χ3n) is 10.2. The second kappa shape index (κ2) is 16.5. The predicted molar refractivity (Wildman–Crippen MR) is 221 cm³/mol. The zero-order chi connectivity index (χ0) is 42.1. The number of aldehydes is 1. The Hall–Kier alpha value is -6.28. The molecule has 59 heavy (non-hydrogen) atoms. The molecule has 1 amide bonds. The lowest BCUT2D eigenvalue weighted by Crippen LogP contribution is -2.43. The van der Waals surface area contributed by atoms with Crippen LogP contribution in [0.25, 0.3) is 21.8 Å². The van der Waals surface area contributed by atoms with Gasteiger partial charge in [-0.3, -0.25) is 9.48 Å². The number of aliphatic hydroxyl groups is 3. The number of benzene rings is 2. The van der Waals surface area contributed by atoms with Gasteiger partial charge in [-0.2, -0.15) is 15.1 Å². The molecular formula is C39H44ClN13O6. The molecule has 1 aliphatic rings. The Balaban J connectivity index is 1.07. The number of piperidine rings is 1. The summed E-state index contributed by atoms with van der Waals surface area (Å²) in [6.07, 6.45) is 4.17. The molecule has 1 atom stereocenters. The van der Waals surface area contributed by atoms with Gasteiger partial charge in [-0.15, -0.1) is 0 Å². The molecule has 0 aliphatic carbocycles.